The summed E-state index contributed by atoms with van der Waals surface area (Å²) in [6.07, 6.45) is 0. The van der Waals surface area contributed by atoms with E-state index in [0.29, 0.717) is 21.9 Å². The minimum absolute atomic E-state index is 0. The number of hydrogen-bond donors (Lipinski definition) is 4. The van der Waals surface area contributed by atoms with Gasteiger partial charge in [-0.05, 0) is 147 Å². The van der Waals surface area contributed by atoms with Crippen LogP contribution in [0, 0.1) is 63.0 Å². The molecule has 0 spiro atoms. The molecule has 16 nitrogen and oxygen atoms in total. The Morgan fingerprint density at radius 1 is 0.514 bits per heavy atom. The maximum Gasteiger partial charge on any atom is 2.00 e. The summed E-state index contributed by atoms with van der Waals surface area (Å²) in [7, 11) is 0. The number of azo groups is 2. The number of phenols is 2. The number of carbonyl (C=O) groups is 5. The van der Waals surface area contributed by atoms with E-state index in [4.69, 9.17) is 0 Å². The van der Waals surface area contributed by atoms with E-state index >= 15 is 0 Å². The molecule has 4 N–H and O–H groups in total. The number of hydrogen-bond acceptors (Lipinski definition) is 13. The Bertz CT molecular complexity index is 3750. The van der Waals surface area contributed by atoms with Gasteiger partial charge in [-0.3, -0.25) is 34.2 Å². The van der Waals surface area contributed by atoms with Crippen LogP contribution >= 0.6 is 0 Å². The van der Waals surface area contributed by atoms with Gasteiger partial charge in [-0.25, -0.2) is 14.8 Å². The summed E-state index contributed by atoms with van der Waals surface area (Å²) in [5.41, 5.74) is 5.13. The maximum absolute atomic E-state index is 14.4. The van der Waals surface area contributed by atoms with Gasteiger partial charge in [0.2, 0.25) is 0 Å². The fraction of sp³-hybridized carbons (Fsp3) is 0.107. The number of benzene rings is 8. The molecule has 10 rings (SSSR count). The van der Waals surface area contributed by atoms with Gasteiger partial charge in [0.15, 0.2) is 11.5 Å². The molecule has 1 radical (unpaired) electrons. The molecule has 0 saturated carbocycles. The summed E-state index contributed by atoms with van der Waals surface area (Å²) in [6, 6.07) is 25.1. The van der Waals surface area contributed by atoms with Crippen LogP contribution in [0.4, 0.5) is 34.1 Å². The van der Waals surface area contributed by atoms with Gasteiger partial charge in [0, 0.05) is 43.8 Å². The minimum atomic E-state index is -1.42. The molecule has 0 aliphatic carbocycles. The van der Waals surface area contributed by atoms with Crippen molar-refractivity contribution in [3.05, 3.63) is 185 Å². The van der Waals surface area contributed by atoms with Crippen LogP contribution in [0.2, 0.25) is 0 Å². The molecule has 0 aromatic heterocycles. The Kier molecular flexibility index (Phi) is 15.5. The average molecular weight is 1090 g/mol. The van der Waals surface area contributed by atoms with Crippen LogP contribution in [0.5, 0.6) is 11.5 Å². The van der Waals surface area contributed by atoms with Crippen molar-refractivity contribution in [1.82, 2.24) is 0 Å². The zero-order chi connectivity index (χ0) is 49.6. The molecular formula is C56H45Cu2N6O10. The summed E-state index contributed by atoms with van der Waals surface area (Å²) in [4.78, 5) is 76.1. The van der Waals surface area contributed by atoms with Crippen LogP contribution < -0.4 is 9.80 Å². The largest absolute Gasteiger partial charge is 2.00 e. The van der Waals surface area contributed by atoms with Crippen molar-refractivity contribution < 1.29 is 83.6 Å². The number of nitrogens with zero attached hydrogens (tertiary/aromatic N) is 6. The number of anilines is 2. The van der Waals surface area contributed by atoms with Crippen LogP contribution in [0.15, 0.2) is 118 Å². The molecule has 74 heavy (non-hydrogen) atoms. The Hall–Kier alpha value is -8.08. The number of rotatable bonds is 9. The Morgan fingerprint density at radius 3 is 1.31 bits per heavy atom. The number of fused-ring (bicyclic) bond motifs is 2. The van der Waals surface area contributed by atoms with Gasteiger partial charge in [-0.2, -0.15) is 5.11 Å². The molecule has 8 aromatic rings. The first kappa shape index (κ1) is 55.2. The molecule has 2 aliphatic heterocycles. The zero-order valence-electron chi connectivity index (χ0n) is 40.8. The predicted molar refractivity (Wildman–Crippen MR) is 274 cm³/mol. The second kappa shape index (κ2) is 20.8. The molecule has 0 fully saturated rings. The van der Waals surface area contributed by atoms with Crippen LogP contribution in [-0.2, 0) is 39.0 Å². The van der Waals surface area contributed by atoms with Crippen molar-refractivity contribution in [3.63, 3.8) is 0 Å². The molecule has 8 aromatic carbocycles. The topological polar surface area (TPSA) is 231 Å². The van der Waals surface area contributed by atoms with E-state index < -0.39 is 29.6 Å². The third-order valence-corrected chi connectivity index (χ3v) is 12.8. The number of carboxylic acids is 1. The SMILES string of the molecule is Cc1cc(C)c2c(O)c(N=Nc3ccc(N4C(=O)c5ccc6c7c(ccc(c57)C4=O)C(=O)N(c4ccc(N=Nc5c(C)cc7cc(C)cc(C)c7c5O)c(C(=O)O)c4)C6=O)cc3[CH-]OO)c(C)cc2c1.[CH3-].[CH3-].[Cu+2].[Cu+]. The summed E-state index contributed by atoms with van der Waals surface area (Å²) in [5, 5.41) is 62.5. The standard InChI is InChI=1S/C54H39N6O10.2CH3.2Cu/c1-24-15-26(3)42-30(17-24)19-28(5)46(48(42)61)57-55-40-13-7-33(21-32(40)23-70-69)59-50(63)35-9-11-37-45-38(12-10-36(44(35)45)51(59)64)53(66)60(52(37)65)34-8-14-41(39(22-34)54(67)68)56-58-47-29(6)20-31-18-25(2)16-27(4)43(31)49(47)62;;;;/h7-23,61-62,69H,1-6H3,(H,67,68);2*1H3;;/q3*-1;+1;+2. The van der Waals surface area contributed by atoms with E-state index in [9.17, 15) is 44.5 Å². The van der Waals surface area contributed by atoms with Gasteiger partial charge in [-0.15, -0.1) is 21.9 Å². The number of amides is 4. The molecule has 4 amide bonds. The van der Waals surface area contributed by atoms with Crippen molar-refractivity contribution in [2.75, 3.05) is 9.80 Å². The third-order valence-electron chi connectivity index (χ3n) is 12.8. The summed E-state index contributed by atoms with van der Waals surface area (Å²) in [6.45, 7) is 12.1. The molecular weight excluding hydrogens is 1040 g/mol. The zero-order valence-corrected chi connectivity index (χ0v) is 42.7. The second-order valence-electron chi connectivity index (χ2n) is 17.5. The Labute approximate surface area is 445 Å². The normalized spacial score (nSPS) is 12.9. The molecule has 0 unspecified atom stereocenters. The van der Waals surface area contributed by atoms with E-state index in [1.807, 2.05) is 64.1 Å². The Balaban J connectivity index is 0.00000223. The third kappa shape index (κ3) is 8.87. The van der Waals surface area contributed by atoms with Crippen molar-refractivity contribution in [2.45, 2.75) is 41.5 Å². The van der Waals surface area contributed by atoms with Gasteiger partial charge in [0.05, 0.1) is 11.3 Å². The fourth-order valence-corrected chi connectivity index (χ4v) is 9.74. The Morgan fingerprint density at radius 2 is 0.905 bits per heavy atom. The predicted octanol–water partition coefficient (Wildman–Crippen LogP) is 13.4. The molecule has 0 saturated heterocycles. The van der Waals surface area contributed by atoms with Gasteiger partial charge in [0.25, 0.3) is 23.6 Å². The first-order chi connectivity index (χ1) is 33.5. The van der Waals surface area contributed by atoms with Gasteiger partial charge >= 0.3 is 40.1 Å². The van der Waals surface area contributed by atoms with Gasteiger partial charge < -0.3 is 30.2 Å². The number of aryl methyl sites for hydroxylation is 6. The van der Waals surface area contributed by atoms with Crippen LogP contribution in [0.3, 0.4) is 0 Å². The minimum Gasteiger partial charge on any atom is -0.505 e. The number of imide groups is 2. The fourth-order valence-electron chi connectivity index (χ4n) is 9.74. The monoisotopic (exact) mass is 1090 g/mol. The number of aromatic carboxylic acids is 1. The average Bonchev–Trinajstić information content (AvgIpc) is 3.30. The van der Waals surface area contributed by atoms with Crippen molar-refractivity contribution in [2.24, 2.45) is 20.5 Å². The second-order valence-corrected chi connectivity index (χ2v) is 17.5. The van der Waals surface area contributed by atoms with Crippen LogP contribution in [-0.4, -0.2) is 50.2 Å². The van der Waals surface area contributed by atoms with Crippen LogP contribution in [0.25, 0.3) is 32.3 Å². The van der Waals surface area contributed by atoms with Gasteiger partial charge in [0.1, 0.15) is 17.1 Å². The number of aromatic hydroxyl groups is 2. The number of carboxylic acid groups (broad SMARTS) is 1. The molecule has 18 heteroatoms. The summed E-state index contributed by atoms with van der Waals surface area (Å²) >= 11 is 0. The molecule has 0 atom stereocenters. The van der Waals surface area contributed by atoms with E-state index in [1.54, 1.807) is 13.8 Å². The molecule has 2 aliphatic rings. The smallest absolute Gasteiger partial charge is 0.505 e. The summed E-state index contributed by atoms with van der Waals surface area (Å²) < 4.78 is 0. The quantitative estimate of drug-likeness (QED) is 0.0267. The molecule has 0 bridgehead atoms. The van der Waals surface area contributed by atoms with Crippen molar-refractivity contribution in [1.29, 1.82) is 0 Å². The van der Waals surface area contributed by atoms with Gasteiger partial charge in [-0.1, -0.05) is 47.5 Å². The first-order valence-corrected chi connectivity index (χ1v) is 21.8. The van der Waals surface area contributed by atoms with E-state index in [2.05, 4.69) is 25.3 Å². The van der Waals surface area contributed by atoms with Crippen molar-refractivity contribution in [3.8, 4) is 11.5 Å². The number of carbonyl (C=O) groups excluding carboxylic acids is 4. The van der Waals surface area contributed by atoms with E-state index in [-0.39, 0.29) is 139 Å². The van der Waals surface area contributed by atoms with Crippen LogP contribution in [0.1, 0.15) is 90.7 Å². The number of phenolic OH excluding ortho intramolecular Hbond substituents is 2. The summed E-state index contributed by atoms with van der Waals surface area (Å²) in [5.74, 6) is -4.80. The first-order valence-electron chi connectivity index (χ1n) is 21.8. The maximum atomic E-state index is 14.4. The van der Waals surface area contributed by atoms with Crippen molar-refractivity contribution >= 4 is 96.0 Å². The molecule has 381 valence electrons. The van der Waals surface area contributed by atoms with E-state index in [0.717, 1.165) is 55.5 Å². The van der Waals surface area contributed by atoms with E-state index in [1.165, 1.54) is 54.6 Å². The molecule has 2 heterocycles.